The lowest BCUT2D eigenvalue weighted by molar-refractivity contribution is -0.778. The molecule has 9 unspecified atom stereocenters. The minimum Gasteiger partial charge on any atom is -0.691 e. The van der Waals surface area contributed by atoms with Crippen molar-refractivity contribution in [2.24, 2.45) is 0 Å². The second kappa shape index (κ2) is 54.0. The SMILES string of the molecule is C.C.COCOCC(OCOC)C(OCOC)[C@@H]1OC(C)(C)O[C@@H]2COS(=O)(=O)O[C@H]21.COCOCC(OCOC)C(OCOC)[C@@H]1OC(C)(C)O[C@H](C[S+]2C[C@@H](O)[C@H](O)[C@H]2CO)C1OSOO[O-].OC[C@H]1SC[C@@H](O)[C@@H]1O.[O-]OOSOC([C@H](O)C[S+]1C[C@@H](O)[C@H](O)[C@H]1CO)[C@@H](O)[C@@H](O)C(O)CO. The van der Waals surface area contributed by atoms with Crippen LogP contribution in [-0.4, -0.2) is 394 Å². The summed E-state index contributed by atoms with van der Waals surface area (Å²) < 4.78 is 141. The Morgan fingerprint density at radius 2 is 1.07 bits per heavy atom. The summed E-state index contributed by atoms with van der Waals surface area (Å²) in [5.74, 6) is -1.17. The van der Waals surface area contributed by atoms with E-state index in [1.54, 1.807) is 27.7 Å². The molecule has 0 aromatic carbocycles. The van der Waals surface area contributed by atoms with Crippen LogP contribution in [0.15, 0.2) is 0 Å². The fourth-order valence-electron chi connectivity index (χ4n) is 10.8. The quantitative estimate of drug-likeness (QED) is 0.00673. The monoisotopic (exact) mass is 1650 g/mol. The van der Waals surface area contributed by atoms with E-state index in [0.717, 1.165) is 0 Å². The number of aliphatic hydroxyl groups is 14. The zero-order chi connectivity index (χ0) is 76.3. The van der Waals surface area contributed by atoms with Gasteiger partial charge in [-0.05, 0) is 27.7 Å². The molecule has 6 fully saturated rings. The van der Waals surface area contributed by atoms with Crippen LogP contribution in [-0.2, 0) is 143 Å². The Bertz CT molecular complexity index is 2260. The number of aliphatic hydroxyl groups excluding tert-OH is 14. The molecule has 6 aliphatic rings. The van der Waals surface area contributed by atoms with Crippen molar-refractivity contribution in [3.05, 3.63) is 0 Å². The van der Waals surface area contributed by atoms with E-state index in [9.17, 15) is 70.0 Å². The van der Waals surface area contributed by atoms with Crippen LogP contribution in [0.4, 0.5) is 0 Å². The van der Waals surface area contributed by atoms with Crippen LogP contribution in [0.2, 0.25) is 0 Å². The van der Waals surface area contributed by atoms with Gasteiger partial charge in [-0.25, -0.2) is 8.37 Å². The van der Waals surface area contributed by atoms with Crippen molar-refractivity contribution in [3.63, 3.8) is 0 Å². The molecule has 0 aromatic rings. The molecule has 42 nitrogen and oxygen atoms in total. The first-order chi connectivity index (χ1) is 48.5. The van der Waals surface area contributed by atoms with Gasteiger partial charge in [0.2, 0.25) is 0 Å². The van der Waals surface area contributed by atoms with Crippen LogP contribution in [0.5, 0.6) is 0 Å². The van der Waals surface area contributed by atoms with Crippen molar-refractivity contribution in [3.8, 4) is 0 Å². The first-order valence-electron chi connectivity index (χ1n) is 31.1. The maximum atomic E-state index is 11.9. The topological polar surface area (TPSA) is 585 Å². The Hall–Kier alpha value is 0.1000. The zero-order valence-electron chi connectivity index (χ0n) is 57.7. The van der Waals surface area contributed by atoms with E-state index in [-0.39, 0.29) is 142 Å². The summed E-state index contributed by atoms with van der Waals surface area (Å²) in [4.78, 5) is 0. The number of rotatable bonds is 44. The molecule has 6 rings (SSSR count). The van der Waals surface area contributed by atoms with E-state index in [2.05, 4.69) is 18.7 Å². The van der Waals surface area contributed by atoms with E-state index in [1.165, 1.54) is 54.4 Å². The molecule has 0 bridgehead atoms. The standard InChI is InChI=1S/C21H40O15S2.C16H30O12S.C12H24O12S2.C5H10O3S.2CH4/c1-21(2)32-15(9-38-8-13(23)17(24)16(38)6-22)19(34-37-36-35-25)20(33-21)18(31-12-28-5)14(30-11-27-4)7-29-10-26-3;1-16(2)26-12-7-25-29(17,18)28-14(12)15(27-16)13(24-10-21-5)11(23-9-20-4)6-22-8-19-3;13-1-5(15)10(19)11(20)12(22-25-24-23-21)7(17)4-26-3-6(16)9(18)8(26)2-14;6-1-4-5(8)3(7)2-9-4;;/h13-20,22-24H,6-12H2,1-5H3;11-15H,6-10H2,1-5H3;5-20H,1-4H2;3-8H,1-2H2;2*1H4/t13-,14?,15-,16-,17+,18?,19?,20+,38?;11?,12-,13?,14-,15+;5?,6-,7-,8-,9+,10+,11+,12?,26?;3-,4-,5+;;/m1111../s1. The lowest BCUT2D eigenvalue weighted by Crippen LogP contribution is -2.65. The summed E-state index contributed by atoms with van der Waals surface area (Å²) >= 11 is 1.66. The molecule has 26 atom stereocenters. The van der Waals surface area contributed by atoms with E-state index < -0.39 is 196 Å². The molecule has 624 valence electrons. The third-order valence-electron chi connectivity index (χ3n) is 15.4. The van der Waals surface area contributed by atoms with Crippen LogP contribution in [0.3, 0.4) is 0 Å². The number of ether oxygens (including phenoxy) is 16. The fourth-order valence-corrected chi connectivity index (χ4v) is 19.0. The summed E-state index contributed by atoms with van der Waals surface area (Å²) in [6.07, 6.45) is -22.8. The summed E-state index contributed by atoms with van der Waals surface area (Å²) in [6, 6.07) is 0. The average Bonchev–Trinajstić information content (AvgIpc) is 0.996. The number of hydrogen-bond acceptors (Lipinski definition) is 45. The predicted octanol–water partition coefficient (Wildman–Crippen LogP) is -7.85. The van der Waals surface area contributed by atoms with Crippen LogP contribution in [0.1, 0.15) is 42.5 Å². The highest BCUT2D eigenvalue weighted by atomic mass is 32.3. The van der Waals surface area contributed by atoms with Crippen molar-refractivity contribution in [2.45, 2.75) is 198 Å². The first-order valence-corrected chi connectivity index (χ1v) is 38.1. The second-order valence-electron chi connectivity index (χ2n) is 23.6. The molecule has 0 spiro atoms. The van der Waals surface area contributed by atoms with Crippen molar-refractivity contribution in [2.75, 3.05) is 158 Å². The van der Waals surface area contributed by atoms with E-state index in [4.69, 9.17) is 113 Å². The van der Waals surface area contributed by atoms with Crippen molar-refractivity contribution in [1.29, 1.82) is 0 Å². The maximum Gasteiger partial charge on any atom is 0.400 e. The Labute approximate surface area is 623 Å². The fraction of sp³-hybridized carbons (Fsp3) is 1.00. The van der Waals surface area contributed by atoms with Gasteiger partial charge in [-0.3, -0.25) is 18.4 Å². The van der Waals surface area contributed by atoms with E-state index >= 15 is 0 Å². The summed E-state index contributed by atoms with van der Waals surface area (Å²) in [6.45, 7) is 4.61. The lowest BCUT2D eigenvalue weighted by Gasteiger charge is -2.49. The van der Waals surface area contributed by atoms with Crippen LogP contribution in [0, 0.1) is 0 Å². The number of hydrogen-bond donors (Lipinski definition) is 14. The van der Waals surface area contributed by atoms with Crippen molar-refractivity contribution >= 4 is 68.6 Å². The van der Waals surface area contributed by atoms with Crippen LogP contribution in [0.25, 0.3) is 0 Å². The number of methoxy groups -OCH3 is 6. The summed E-state index contributed by atoms with van der Waals surface area (Å²) in [5.41, 5.74) is 0. The van der Waals surface area contributed by atoms with Gasteiger partial charge in [0.15, 0.2) is 46.7 Å². The van der Waals surface area contributed by atoms with Gasteiger partial charge in [0.05, 0.1) is 63.7 Å². The minimum absolute atomic E-state index is 0. The van der Waals surface area contributed by atoms with E-state index in [1.807, 2.05) is 0 Å². The highest BCUT2D eigenvalue weighted by Gasteiger charge is 2.58. The van der Waals surface area contributed by atoms with Crippen molar-refractivity contribution in [1.82, 2.24) is 0 Å². The molecule has 6 heterocycles. The van der Waals surface area contributed by atoms with Gasteiger partial charge in [0.25, 0.3) is 0 Å². The molecule has 14 N–H and O–H groups in total. The normalized spacial score (nSPS) is 32.3. The molecule has 6 saturated heterocycles. The van der Waals surface area contributed by atoms with Gasteiger partial charge in [0.1, 0.15) is 180 Å². The molecule has 0 saturated carbocycles. The number of fused-ring (bicyclic) bond motifs is 1. The Morgan fingerprint density at radius 1 is 0.587 bits per heavy atom. The molecule has 0 aromatic heterocycles. The Morgan fingerprint density at radius 3 is 1.54 bits per heavy atom. The van der Waals surface area contributed by atoms with Crippen LogP contribution < -0.4 is 10.5 Å². The summed E-state index contributed by atoms with van der Waals surface area (Å²) in [5, 5.41) is 160. The van der Waals surface area contributed by atoms with Gasteiger partial charge < -0.3 is 158 Å². The molecule has 104 heavy (non-hydrogen) atoms. The predicted molar refractivity (Wildman–Crippen MR) is 359 cm³/mol. The molecule has 6 aliphatic heterocycles. The molecular formula is C56H112O42S6. The molecule has 0 amide bonds. The molecule has 48 heteroatoms. The van der Waals surface area contributed by atoms with Crippen LogP contribution >= 0.6 is 36.4 Å². The minimum atomic E-state index is -4.20. The van der Waals surface area contributed by atoms with E-state index in [0.29, 0.717) is 5.75 Å². The number of thioether (sulfide) groups is 1. The first kappa shape index (κ1) is 102. The molecule has 0 radical (unpaired) electrons. The van der Waals surface area contributed by atoms with Gasteiger partial charge in [-0.1, -0.05) is 14.9 Å². The van der Waals surface area contributed by atoms with Gasteiger partial charge in [0, 0.05) is 70.2 Å². The molecular weight excluding hydrogens is 1540 g/mol. The van der Waals surface area contributed by atoms with Gasteiger partial charge in [-0.15, -0.1) is 8.67 Å². The smallest absolute Gasteiger partial charge is 0.400 e. The van der Waals surface area contributed by atoms with Crippen molar-refractivity contribution < 1.29 is 202 Å². The highest BCUT2D eigenvalue weighted by molar-refractivity contribution is 8.00. The third kappa shape index (κ3) is 33.7. The molecule has 0 aliphatic carbocycles. The zero-order valence-corrected chi connectivity index (χ0v) is 62.6. The maximum absolute atomic E-state index is 11.9. The second-order valence-corrected chi connectivity index (χ2v) is 31.8. The largest absolute Gasteiger partial charge is 0.691 e. The Kier molecular flexibility index (Phi) is 53.0. The average molecular weight is 1650 g/mol. The Balaban J connectivity index is 0.000000738. The third-order valence-corrected chi connectivity index (χ3v) is 24.1. The van der Waals surface area contributed by atoms with Gasteiger partial charge in [-0.2, -0.15) is 20.2 Å². The lowest BCUT2D eigenvalue weighted by atomic mass is 9.96. The highest BCUT2D eigenvalue weighted by Crippen LogP contribution is 2.40. The summed E-state index contributed by atoms with van der Waals surface area (Å²) in [7, 11) is 3.10. The van der Waals surface area contributed by atoms with Gasteiger partial charge >= 0.3 is 10.4 Å².